The number of morpholine rings is 1. The summed E-state index contributed by atoms with van der Waals surface area (Å²) in [7, 11) is 0. The van der Waals surface area contributed by atoms with Crippen LogP contribution in [0.15, 0.2) is 36.8 Å². The Kier molecular flexibility index (Phi) is 3.13. The molecule has 0 aliphatic carbocycles. The maximum Gasteiger partial charge on any atom is 0.112 e. The van der Waals surface area contributed by atoms with Crippen molar-refractivity contribution in [1.82, 2.24) is 14.9 Å². The standard InChI is InChI=1S/C14H17N3O/c1-11-4-2-3-5-12(11)17-10-16-8-13(17)14-9-15-6-7-18-14/h2-5,8,10,14-15H,6-7,9H2,1H3. The molecule has 2 heterocycles. The fraction of sp³-hybridized carbons (Fsp3) is 0.357. The summed E-state index contributed by atoms with van der Waals surface area (Å²) in [5.41, 5.74) is 3.51. The summed E-state index contributed by atoms with van der Waals surface area (Å²) in [5.74, 6) is 0. The van der Waals surface area contributed by atoms with E-state index in [2.05, 4.69) is 33.9 Å². The molecule has 1 aliphatic heterocycles. The molecule has 1 aliphatic rings. The van der Waals surface area contributed by atoms with Gasteiger partial charge in [0.1, 0.15) is 6.10 Å². The third-order valence-corrected chi connectivity index (χ3v) is 3.30. The minimum atomic E-state index is 0.0841. The van der Waals surface area contributed by atoms with E-state index in [9.17, 15) is 0 Å². The van der Waals surface area contributed by atoms with Crippen molar-refractivity contribution in [3.63, 3.8) is 0 Å². The third-order valence-electron chi connectivity index (χ3n) is 3.30. The van der Waals surface area contributed by atoms with Gasteiger partial charge in [-0.3, -0.25) is 0 Å². The molecule has 2 aromatic rings. The van der Waals surface area contributed by atoms with Crippen molar-refractivity contribution in [1.29, 1.82) is 0 Å². The Hall–Kier alpha value is -1.65. The van der Waals surface area contributed by atoms with Crippen molar-refractivity contribution in [2.45, 2.75) is 13.0 Å². The lowest BCUT2D eigenvalue weighted by molar-refractivity contribution is 0.0240. The van der Waals surface area contributed by atoms with E-state index in [-0.39, 0.29) is 6.10 Å². The van der Waals surface area contributed by atoms with Crippen LogP contribution in [0.1, 0.15) is 17.4 Å². The molecular weight excluding hydrogens is 226 g/mol. The van der Waals surface area contributed by atoms with Gasteiger partial charge in [0.05, 0.1) is 24.8 Å². The summed E-state index contributed by atoms with van der Waals surface area (Å²) in [6.07, 6.45) is 3.83. The zero-order chi connectivity index (χ0) is 12.4. The van der Waals surface area contributed by atoms with Crippen LogP contribution < -0.4 is 5.32 Å². The van der Waals surface area contributed by atoms with Crippen LogP contribution in [0.2, 0.25) is 0 Å². The van der Waals surface area contributed by atoms with Gasteiger partial charge in [0.15, 0.2) is 0 Å². The first-order valence-corrected chi connectivity index (χ1v) is 6.27. The molecule has 0 spiro atoms. The van der Waals surface area contributed by atoms with Crippen LogP contribution in [0.25, 0.3) is 5.69 Å². The molecule has 1 N–H and O–H groups in total. The Morgan fingerprint density at radius 2 is 2.28 bits per heavy atom. The predicted molar refractivity (Wildman–Crippen MR) is 69.9 cm³/mol. The van der Waals surface area contributed by atoms with Crippen LogP contribution in [-0.2, 0) is 4.74 Å². The van der Waals surface area contributed by atoms with Gasteiger partial charge < -0.3 is 14.6 Å². The second-order valence-corrected chi connectivity index (χ2v) is 4.54. The zero-order valence-electron chi connectivity index (χ0n) is 10.5. The molecule has 0 radical (unpaired) electrons. The average Bonchev–Trinajstić information content (AvgIpc) is 2.89. The molecule has 18 heavy (non-hydrogen) atoms. The van der Waals surface area contributed by atoms with Crippen molar-refractivity contribution in [3.8, 4) is 5.69 Å². The highest BCUT2D eigenvalue weighted by atomic mass is 16.5. The van der Waals surface area contributed by atoms with Crippen molar-refractivity contribution in [2.24, 2.45) is 0 Å². The van der Waals surface area contributed by atoms with Gasteiger partial charge in [0.25, 0.3) is 0 Å². The van der Waals surface area contributed by atoms with E-state index >= 15 is 0 Å². The molecule has 1 fully saturated rings. The van der Waals surface area contributed by atoms with E-state index < -0.39 is 0 Å². The predicted octanol–water partition coefficient (Wildman–Crippen LogP) is 1.84. The molecule has 0 bridgehead atoms. The molecule has 3 rings (SSSR count). The highest BCUT2D eigenvalue weighted by molar-refractivity contribution is 5.41. The first-order valence-electron chi connectivity index (χ1n) is 6.27. The van der Waals surface area contributed by atoms with Gasteiger partial charge in [-0.2, -0.15) is 0 Å². The number of hydrogen-bond donors (Lipinski definition) is 1. The quantitative estimate of drug-likeness (QED) is 0.874. The van der Waals surface area contributed by atoms with Crippen LogP contribution >= 0.6 is 0 Å². The van der Waals surface area contributed by atoms with Gasteiger partial charge in [-0.15, -0.1) is 0 Å². The van der Waals surface area contributed by atoms with Gasteiger partial charge in [0, 0.05) is 18.8 Å². The van der Waals surface area contributed by atoms with E-state index in [1.54, 1.807) is 0 Å². The number of para-hydroxylation sites is 1. The smallest absolute Gasteiger partial charge is 0.112 e. The van der Waals surface area contributed by atoms with Gasteiger partial charge in [-0.05, 0) is 18.6 Å². The number of benzene rings is 1. The highest BCUT2D eigenvalue weighted by Gasteiger charge is 2.20. The molecule has 1 saturated heterocycles. The summed E-state index contributed by atoms with van der Waals surface area (Å²) in [6, 6.07) is 8.32. The number of aryl methyl sites for hydroxylation is 1. The Bertz CT molecular complexity index is 529. The molecule has 4 heteroatoms. The Balaban J connectivity index is 1.98. The SMILES string of the molecule is Cc1ccccc1-n1cncc1C1CNCCO1. The first-order chi connectivity index (χ1) is 8.86. The number of hydrogen-bond acceptors (Lipinski definition) is 3. The van der Waals surface area contributed by atoms with Crippen molar-refractivity contribution >= 4 is 0 Å². The average molecular weight is 243 g/mol. The van der Waals surface area contributed by atoms with E-state index in [1.165, 1.54) is 11.3 Å². The summed E-state index contributed by atoms with van der Waals surface area (Å²) in [5, 5.41) is 3.35. The van der Waals surface area contributed by atoms with E-state index in [1.807, 2.05) is 24.7 Å². The molecule has 1 atom stereocenters. The molecule has 1 unspecified atom stereocenters. The number of nitrogens with zero attached hydrogens (tertiary/aromatic N) is 2. The Morgan fingerprint density at radius 3 is 3.06 bits per heavy atom. The summed E-state index contributed by atoms with van der Waals surface area (Å²) in [4.78, 5) is 4.27. The summed E-state index contributed by atoms with van der Waals surface area (Å²) < 4.78 is 7.92. The maximum absolute atomic E-state index is 5.80. The summed E-state index contributed by atoms with van der Waals surface area (Å²) in [6.45, 7) is 4.63. The monoisotopic (exact) mass is 243 g/mol. The van der Waals surface area contributed by atoms with Crippen LogP contribution in [0.4, 0.5) is 0 Å². The zero-order valence-corrected chi connectivity index (χ0v) is 10.5. The third kappa shape index (κ3) is 2.05. The van der Waals surface area contributed by atoms with E-state index in [0.29, 0.717) is 0 Å². The maximum atomic E-state index is 5.80. The van der Waals surface area contributed by atoms with Crippen molar-refractivity contribution in [3.05, 3.63) is 48.0 Å². The van der Waals surface area contributed by atoms with Crippen LogP contribution in [0, 0.1) is 6.92 Å². The van der Waals surface area contributed by atoms with E-state index in [4.69, 9.17) is 4.74 Å². The molecule has 0 amide bonds. The lowest BCUT2D eigenvalue weighted by atomic mass is 10.1. The number of imidazole rings is 1. The fourth-order valence-corrected chi connectivity index (χ4v) is 2.33. The highest BCUT2D eigenvalue weighted by Crippen LogP contribution is 2.23. The number of aromatic nitrogens is 2. The second kappa shape index (κ2) is 4.92. The second-order valence-electron chi connectivity index (χ2n) is 4.54. The molecular formula is C14H17N3O. The first kappa shape index (κ1) is 11.4. The number of ether oxygens (including phenoxy) is 1. The molecule has 0 saturated carbocycles. The Labute approximate surface area is 107 Å². The molecule has 1 aromatic carbocycles. The van der Waals surface area contributed by atoms with Crippen molar-refractivity contribution in [2.75, 3.05) is 19.7 Å². The summed E-state index contributed by atoms with van der Waals surface area (Å²) >= 11 is 0. The van der Waals surface area contributed by atoms with Crippen LogP contribution in [0.5, 0.6) is 0 Å². The largest absolute Gasteiger partial charge is 0.369 e. The minimum Gasteiger partial charge on any atom is -0.369 e. The number of nitrogens with one attached hydrogen (secondary N) is 1. The molecule has 4 nitrogen and oxygen atoms in total. The lowest BCUT2D eigenvalue weighted by Gasteiger charge is -2.24. The van der Waals surface area contributed by atoms with Gasteiger partial charge >= 0.3 is 0 Å². The normalized spacial score (nSPS) is 19.9. The van der Waals surface area contributed by atoms with Gasteiger partial charge in [-0.1, -0.05) is 18.2 Å². The minimum absolute atomic E-state index is 0.0841. The fourth-order valence-electron chi connectivity index (χ4n) is 2.33. The molecule has 1 aromatic heterocycles. The van der Waals surface area contributed by atoms with Gasteiger partial charge in [-0.25, -0.2) is 4.98 Å². The van der Waals surface area contributed by atoms with Crippen LogP contribution in [0.3, 0.4) is 0 Å². The topological polar surface area (TPSA) is 39.1 Å². The lowest BCUT2D eigenvalue weighted by Crippen LogP contribution is -2.34. The molecule has 94 valence electrons. The van der Waals surface area contributed by atoms with E-state index in [0.717, 1.165) is 25.4 Å². The number of rotatable bonds is 2. The Morgan fingerprint density at radius 1 is 1.39 bits per heavy atom. The van der Waals surface area contributed by atoms with Crippen LogP contribution in [-0.4, -0.2) is 29.2 Å². The van der Waals surface area contributed by atoms with Crippen molar-refractivity contribution < 1.29 is 4.74 Å². The van der Waals surface area contributed by atoms with Gasteiger partial charge in [0.2, 0.25) is 0 Å².